The zero-order valence-corrected chi connectivity index (χ0v) is 19.8. The lowest BCUT2D eigenvalue weighted by Crippen LogP contribution is -2.23. The molecule has 37 heavy (non-hydrogen) atoms. The molecule has 1 amide bonds. The Labute approximate surface area is 211 Å². The number of rotatable bonds is 6. The van der Waals surface area contributed by atoms with Crippen LogP contribution >= 0.6 is 0 Å². The summed E-state index contributed by atoms with van der Waals surface area (Å²) in [4.78, 5) is 29.8. The maximum Gasteiger partial charge on any atom is 0.303 e. The Bertz CT molecular complexity index is 1340. The van der Waals surface area contributed by atoms with E-state index in [2.05, 4.69) is 22.4 Å². The van der Waals surface area contributed by atoms with Gasteiger partial charge in [0.05, 0.1) is 0 Å². The maximum absolute atomic E-state index is 13.5. The molecule has 10 heteroatoms. The summed E-state index contributed by atoms with van der Waals surface area (Å²) in [5, 5.41) is 11.3. The number of carboxylic acids is 1. The van der Waals surface area contributed by atoms with Crippen molar-refractivity contribution in [1.29, 1.82) is 0 Å². The van der Waals surface area contributed by atoms with E-state index >= 15 is 0 Å². The molecule has 0 atom stereocenters. The van der Waals surface area contributed by atoms with Crippen LogP contribution in [0, 0.1) is 23.4 Å². The Hall–Kier alpha value is -4.08. The van der Waals surface area contributed by atoms with Gasteiger partial charge in [-0.25, -0.2) is 18.2 Å². The molecule has 1 aliphatic heterocycles. The number of fused-ring (bicyclic) bond motifs is 1. The molecule has 2 aliphatic rings. The first-order valence-corrected chi connectivity index (χ1v) is 12.1. The first kappa shape index (κ1) is 24.6. The predicted molar refractivity (Wildman–Crippen MR) is 131 cm³/mol. The largest absolute Gasteiger partial charge is 0.481 e. The van der Waals surface area contributed by atoms with Gasteiger partial charge in [-0.05, 0) is 61.3 Å². The topological polar surface area (TPSA) is 87.5 Å². The standard InChI is InChI=1S/C27H25F3N4O3/c28-21-12-19(13-22(29)26(21)30)31-27(37)23-14-34-15-33(10-9-24(34)32-23)20-7-5-18(6-8-20)17-3-1-16(2-4-17)11-25(35)36/h5-10,12-14,16-17H,1-4,11,15H2,(H,31,37)(H,35,36). The number of aliphatic carboxylic acids is 1. The molecule has 2 aromatic carbocycles. The molecule has 2 N–H and O–H groups in total. The van der Waals surface area contributed by atoms with Gasteiger partial charge in [0.25, 0.3) is 5.91 Å². The van der Waals surface area contributed by atoms with Crippen LogP contribution in [0.3, 0.4) is 0 Å². The number of anilines is 2. The van der Waals surface area contributed by atoms with Crippen molar-refractivity contribution >= 4 is 29.3 Å². The van der Waals surface area contributed by atoms with Gasteiger partial charge in [-0.3, -0.25) is 9.59 Å². The lowest BCUT2D eigenvalue weighted by Gasteiger charge is -2.29. The van der Waals surface area contributed by atoms with Gasteiger partial charge in [-0.2, -0.15) is 0 Å². The number of imidazole rings is 1. The van der Waals surface area contributed by atoms with Crippen molar-refractivity contribution in [3.05, 3.63) is 83.3 Å². The number of carboxylic acid groups (broad SMARTS) is 1. The van der Waals surface area contributed by atoms with Crippen LogP contribution in [0.1, 0.15) is 59.9 Å². The van der Waals surface area contributed by atoms with E-state index in [9.17, 15) is 22.8 Å². The average Bonchev–Trinajstić information content (AvgIpc) is 3.31. The monoisotopic (exact) mass is 510 g/mol. The molecule has 1 fully saturated rings. The zero-order chi connectivity index (χ0) is 26.1. The molecule has 0 saturated heterocycles. The molecule has 0 bridgehead atoms. The van der Waals surface area contributed by atoms with Crippen LogP contribution in [-0.2, 0) is 11.5 Å². The van der Waals surface area contributed by atoms with Gasteiger partial charge >= 0.3 is 5.97 Å². The Kier molecular flexibility index (Phi) is 6.73. The van der Waals surface area contributed by atoms with E-state index in [0.717, 1.165) is 31.4 Å². The summed E-state index contributed by atoms with van der Waals surface area (Å²) >= 11 is 0. The summed E-state index contributed by atoms with van der Waals surface area (Å²) in [6.07, 6.45) is 9.24. The van der Waals surface area contributed by atoms with Crippen LogP contribution in [0.15, 0.2) is 48.8 Å². The van der Waals surface area contributed by atoms with E-state index < -0.39 is 29.3 Å². The van der Waals surface area contributed by atoms with Gasteiger partial charge in [0.2, 0.25) is 0 Å². The Morgan fingerprint density at radius 2 is 1.70 bits per heavy atom. The first-order valence-electron chi connectivity index (χ1n) is 12.1. The molecule has 1 aromatic heterocycles. The van der Waals surface area contributed by atoms with Crippen molar-refractivity contribution in [3.8, 4) is 0 Å². The van der Waals surface area contributed by atoms with Crippen molar-refractivity contribution in [2.24, 2.45) is 5.92 Å². The normalized spacial score (nSPS) is 18.9. The smallest absolute Gasteiger partial charge is 0.303 e. The number of carbonyl (C=O) groups excluding carboxylic acids is 1. The van der Waals surface area contributed by atoms with E-state index in [4.69, 9.17) is 5.11 Å². The second kappa shape index (κ2) is 10.1. The van der Waals surface area contributed by atoms with E-state index in [1.807, 2.05) is 23.2 Å². The zero-order valence-electron chi connectivity index (χ0n) is 19.8. The number of hydrogen-bond donors (Lipinski definition) is 2. The molecule has 0 radical (unpaired) electrons. The molecule has 3 aromatic rings. The predicted octanol–water partition coefficient (Wildman–Crippen LogP) is 5.75. The summed E-state index contributed by atoms with van der Waals surface area (Å²) in [6.45, 7) is 0.408. The van der Waals surface area contributed by atoms with Crippen LogP contribution in [0.5, 0.6) is 0 Å². The second-order valence-corrected chi connectivity index (χ2v) is 9.50. The van der Waals surface area contributed by atoms with Crippen molar-refractivity contribution in [2.75, 3.05) is 10.2 Å². The summed E-state index contributed by atoms with van der Waals surface area (Å²) in [7, 11) is 0. The molecular formula is C27H25F3N4O3. The fourth-order valence-electron chi connectivity index (χ4n) is 5.03. The molecule has 1 aliphatic carbocycles. The quantitative estimate of drug-likeness (QED) is 0.413. The third-order valence-electron chi connectivity index (χ3n) is 7.00. The average molecular weight is 511 g/mol. The number of halogens is 3. The molecule has 1 saturated carbocycles. The SMILES string of the molecule is O=C(O)CC1CCC(c2ccc(N3C=Cc4nc(C(=O)Nc5cc(F)c(F)c(F)c5)cn4C3)cc2)CC1. The van der Waals surface area contributed by atoms with Crippen LogP contribution < -0.4 is 10.2 Å². The lowest BCUT2D eigenvalue weighted by molar-refractivity contribution is -0.138. The van der Waals surface area contributed by atoms with Crippen LogP contribution in [-0.4, -0.2) is 26.5 Å². The number of nitrogens with one attached hydrogen (secondary N) is 1. The molecule has 0 unspecified atom stereocenters. The van der Waals surface area contributed by atoms with Crippen molar-refractivity contribution < 1.29 is 27.9 Å². The van der Waals surface area contributed by atoms with E-state index in [1.165, 1.54) is 5.56 Å². The highest BCUT2D eigenvalue weighted by molar-refractivity contribution is 6.03. The summed E-state index contributed by atoms with van der Waals surface area (Å²) in [5.41, 5.74) is 2.05. The Morgan fingerprint density at radius 3 is 2.35 bits per heavy atom. The Morgan fingerprint density at radius 1 is 1.03 bits per heavy atom. The minimum atomic E-state index is -1.60. The van der Waals surface area contributed by atoms with E-state index in [1.54, 1.807) is 16.8 Å². The number of nitrogens with zero attached hydrogens (tertiary/aromatic N) is 3. The number of amides is 1. The van der Waals surface area contributed by atoms with Gasteiger partial charge in [0.1, 0.15) is 18.2 Å². The van der Waals surface area contributed by atoms with Crippen molar-refractivity contribution in [1.82, 2.24) is 9.55 Å². The highest BCUT2D eigenvalue weighted by atomic mass is 19.2. The first-order chi connectivity index (χ1) is 17.8. The summed E-state index contributed by atoms with van der Waals surface area (Å²) in [6, 6.07) is 9.70. The summed E-state index contributed by atoms with van der Waals surface area (Å²) in [5.74, 6) is -4.54. The lowest BCUT2D eigenvalue weighted by atomic mass is 9.77. The van der Waals surface area contributed by atoms with Crippen molar-refractivity contribution in [2.45, 2.75) is 44.7 Å². The number of carbonyl (C=O) groups is 2. The third-order valence-corrected chi connectivity index (χ3v) is 7.00. The highest BCUT2D eigenvalue weighted by Crippen LogP contribution is 2.37. The Balaban J connectivity index is 1.21. The van der Waals surface area contributed by atoms with Gasteiger partial charge in [-0.1, -0.05) is 12.1 Å². The summed E-state index contributed by atoms with van der Waals surface area (Å²) < 4.78 is 41.8. The molecular weight excluding hydrogens is 485 g/mol. The van der Waals surface area contributed by atoms with Gasteiger partial charge in [0.15, 0.2) is 17.5 Å². The fraction of sp³-hybridized carbons (Fsp3) is 0.296. The van der Waals surface area contributed by atoms with Crippen LogP contribution in [0.4, 0.5) is 24.5 Å². The van der Waals surface area contributed by atoms with E-state index in [0.29, 0.717) is 30.5 Å². The van der Waals surface area contributed by atoms with Crippen molar-refractivity contribution in [3.63, 3.8) is 0 Å². The van der Waals surface area contributed by atoms with Crippen LogP contribution in [0.25, 0.3) is 6.08 Å². The minimum Gasteiger partial charge on any atom is -0.481 e. The maximum atomic E-state index is 13.5. The number of hydrogen-bond acceptors (Lipinski definition) is 4. The van der Waals surface area contributed by atoms with E-state index in [-0.39, 0.29) is 23.7 Å². The molecule has 192 valence electrons. The number of aromatic nitrogens is 2. The molecule has 0 spiro atoms. The highest BCUT2D eigenvalue weighted by Gasteiger charge is 2.24. The minimum absolute atomic E-state index is 0.0560. The van der Waals surface area contributed by atoms with Gasteiger partial charge < -0.3 is 19.9 Å². The molecule has 2 heterocycles. The molecule has 7 nitrogen and oxygen atoms in total. The number of benzene rings is 2. The van der Waals surface area contributed by atoms with Crippen LogP contribution in [0.2, 0.25) is 0 Å². The van der Waals surface area contributed by atoms with Gasteiger partial charge in [0, 0.05) is 42.3 Å². The fourth-order valence-corrected chi connectivity index (χ4v) is 5.03. The third kappa shape index (κ3) is 5.37. The second-order valence-electron chi connectivity index (χ2n) is 9.50. The molecule has 5 rings (SSSR count). The van der Waals surface area contributed by atoms with Gasteiger partial charge in [-0.15, -0.1) is 0 Å².